The zero-order chi connectivity index (χ0) is 13.8. The highest BCUT2D eigenvalue weighted by Crippen LogP contribution is 2.16. The third-order valence-electron chi connectivity index (χ3n) is 2.76. The van der Waals surface area contributed by atoms with Crippen molar-refractivity contribution in [3.63, 3.8) is 0 Å². The van der Waals surface area contributed by atoms with Crippen LogP contribution in [0.25, 0.3) is 0 Å². The molecular weight excluding hydrogens is 252 g/mol. The summed E-state index contributed by atoms with van der Waals surface area (Å²) in [6, 6.07) is 3.10. The van der Waals surface area contributed by atoms with E-state index in [4.69, 9.17) is 10.3 Å². The smallest absolute Gasteiger partial charge is 0.243 e. The summed E-state index contributed by atoms with van der Waals surface area (Å²) in [6.07, 6.45) is 1.80. The van der Waals surface area contributed by atoms with Crippen LogP contribution in [0.3, 0.4) is 0 Å². The van der Waals surface area contributed by atoms with Gasteiger partial charge in [-0.2, -0.15) is 4.98 Å². The molecule has 102 valence electrons. The van der Waals surface area contributed by atoms with E-state index in [-0.39, 0.29) is 12.5 Å². The first kappa shape index (κ1) is 13.6. The van der Waals surface area contributed by atoms with E-state index in [9.17, 15) is 8.78 Å². The summed E-state index contributed by atoms with van der Waals surface area (Å²) in [7, 11) is 0. The highest BCUT2D eigenvalue weighted by atomic mass is 19.1. The molecule has 0 saturated carbocycles. The zero-order valence-electron chi connectivity index (χ0n) is 10.6. The maximum Gasteiger partial charge on any atom is 0.243 e. The molecule has 1 unspecified atom stereocenters. The van der Waals surface area contributed by atoms with E-state index in [1.807, 2.05) is 6.92 Å². The summed E-state index contributed by atoms with van der Waals surface area (Å²) in [4.78, 5) is 4.12. The van der Waals surface area contributed by atoms with Crippen molar-refractivity contribution < 1.29 is 13.3 Å². The van der Waals surface area contributed by atoms with Crippen molar-refractivity contribution in [2.75, 3.05) is 0 Å². The van der Waals surface area contributed by atoms with Crippen LogP contribution in [0.2, 0.25) is 0 Å². The lowest BCUT2D eigenvalue weighted by molar-refractivity contribution is 0.344. The largest absolute Gasteiger partial charge is 0.338 e. The number of aromatic nitrogens is 2. The molecule has 1 heterocycles. The number of hydrogen-bond donors (Lipinski definition) is 1. The molecule has 1 atom stereocenters. The van der Waals surface area contributed by atoms with Crippen LogP contribution < -0.4 is 5.73 Å². The van der Waals surface area contributed by atoms with Crippen LogP contribution in [0.1, 0.15) is 43.1 Å². The van der Waals surface area contributed by atoms with Gasteiger partial charge in [0.25, 0.3) is 0 Å². The Morgan fingerprint density at radius 1 is 1.37 bits per heavy atom. The Morgan fingerprint density at radius 2 is 2.16 bits per heavy atom. The molecule has 0 aliphatic carbocycles. The Hall–Kier alpha value is -1.82. The molecule has 4 nitrogen and oxygen atoms in total. The van der Waals surface area contributed by atoms with Gasteiger partial charge in [0.15, 0.2) is 5.82 Å². The van der Waals surface area contributed by atoms with Gasteiger partial charge in [0.2, 0.25) is 5.89 Å². The van der Waals surface area contributed by atoms with Gasteiger partial charge in [-0.1, -0.05) is 24.6 Å². The first-order valence-electron chi connectivity index (χ1n) is 6.12. The van der Waals surface area contributed by atoms with Crippen molar-refractivity contribution in [1.29, 1.82) is 0 Å². The topological polar surface area (TPSA) is 64.9 Å². The van der Waals surface area contributed by atoms with E-state index in [1.54, 1.807) is 0 Å². The predicted molar refractivity (Wildman–Crippen MR) is 65.3 cm³/mol. The summed E-state index contributed by atoms with van der Waals surface area (Å²) >= 11 is 0. The van der Waals surface area contributed by atoms with Gasteiger partial charge in [-0.3, -0.25) is 0 Å². The van der Waals surface area contributed by atoms with E-state index in [2.05, 4.69) is 10.1 Å². The molecule has 2 aromatic rings. The van der Waals surface area contributed by atoms with Crippen LogP contribution in [0.5, 0.6) is 0 Å². The first-order valence-corrected chi connectivity index (χ1v) is 6.12. The molecule has 0 aliphatic heterocycles. The monoisotopic (exact) mass is 267 g/mol. The molecule has 1 aromatic heterocycles. The van der Waals surface area contributed by atoms with Crippen LogP contribution in [-0.4, -0.2) is 10.1 Å². The zero-order valence-corrected chi connectivity index (χ0v) is 10.6. The SMILES string of the molecule is CCCC(N)c1nc(Cc2ccc(F)cc2F)no1. The number of halogens is 2. The van der Waals surface area contributed by atoms with E-state index in [0.717, 1.165) is 18.9 Å². The van der Waals surface area contributed by atoms with Crippen molar-refractivity contribution in [1.82, 2.24) is 10.1 Å². The minimum Gasteiger partial charge on any atom is -0.338 e. The number of hydrogen-bond acceptors (Lipinski definition) is 4. The fourth-order valence-electron chi connectivity index (χ4n) is 1.76. The summed E-state index contributed by atoms with van der Waals surface area (Å²) < 4.78 is 31.3. The van der Waals surface area contributed by atoms with Crippen LogP contribution in [0.4, 0.5) is 8.78 Å². The second kappa shape index (κ2) is 5.88. The lowest BCUT2D eigenvalue weighted by atomic mass is 10.1. The van der Waals surface area contributed by atoms with Gasteiger partial charge in [0.05, 0.1) is 6.04 Å². The average Bonchev–Trinajstić information content (AvgIpc) is 2.82. The highest BCUT2D eigenvalue weighted by molar-refractivity contribution is 5.21. The van der Waals surface area contributed by atoms with Gasteiger partial charge in [-0.25, -0.2) is 8.78 Å². The Kier molecular flexibility index (Phi) is 4.21. The Labute approximate surface area is 109 Å². The molecular formula is C13H15F2N3O. The predicted octanol–water partition coefficient (Wildman–Crippen LogP) is 2.74. The molecule has 0 saturated heterocycles. The molecule has 0 amide bonds. The minimum absolute atomic E-state index is 0.147. The van der Waals surface area contributed by atoms with Gasteiger partial charge in [0.1, 0.15) is 11.6 Å². The Balaban J connectivity index is 2.11. The molecule has 0 bridgehead atoms. The van der Waals surface area contributed by atoms with Crippen LogP contribution in [0, 0.1) is 11.6 Å². The Bertz CT molecular complexity index is 557. The van der Waals surface area contributed by atoms with Gasteiger partial charge >= 0.3 is 0 Å². The molecule has 6 heteroatoms. The van der Waals surface area contributed by atoms with Gasteiger partial charge in [-0.05, 0) is 18.1 Å². The summed E-state index contributed by atoms with van der Waals surface area (Å²) in [5.41, 5.74) is 6.16. The van der Waals surface area contributed by atoms with Crippen molar-refractivity contribution in [3.05, 3.63) is 47.1 Å². The maximum atomic E-state index is 13.5. The second-order valence-corrected chi connectivity index (χ2v) is 4.36. The minimum atomic E-state index is -0.621. The number of nitrogens with two attached hydrogens (primary N) is 1. The van der Waals surface area contributed by atoms with Gasteiger partial charge < -0.3 is 10.3 Å². The van der Waals surface area contributed by atoms with Crippen molar-refractivity contribution in [2.45, 2.75) is 32.2 Å². The molecule has 0 fully saturated rings. The van der Waals surface area contributed by atoms with E-state index < -0.39 is 11.6 Å². The fourth-order valence-corrected chi connectivity index (χ4v) is 1.76. The van der Waals surface area contributed by atoms with Crippen LogP contribution in [0.15, 0.2) is 22.7 Å². The summed E-state index contributed by atoms with van der Waals surface area (Å²) in [6.45, 7) is 2.00. The lowest BCUT2D eigenvalue weighted by Crippen LogP contribution is -2.10. The Morgan fingerprint density at radius 3 is 2.84 bits per heavy atom. The molecule has 19 heavy (non-hydrogen) atoms. The van der Waals surface area contributed by atoms with Gasteiger partial charge in [-0.15, -0.1) is 0 Å². The lowest BCUT2D eigenvalue weighted by Gasteiger charge is -2.02. The molecule has 2 N–H and O–H groups in total. The average molecular weight is 267 g/mol. The maximum absolute atomic E-state index is 13.5. The van der Waals surface area contributed by atoms with Crippen molar-refractivity contribution >= 4 is 0 Å². The van der Waals surface area contributed by atoms with Crippen LogP contribution in [-0.2, 0) is 6.42 Å². The standard InChI is InChI=1S/C13H15F2N3O/c1-2-3-11(16)13-17-12(18-19-13)6-8-4-5-9(14)7-10(8)15/h4-5,7,11H,2-3,6,16H2,1H3. The van der Waals surface area contributed by atoms with E-state index in [1.165, 1.54) is 12.1 Å². The quantitative estimate of drug-likeness (QED) is 0.904. The van der Waals surface area contributed by atoms with Crippen molar-refractivity contribution in [3.8, 4) is 0 Å². The normalized spacial score (nSPS) is 12.6. The molecule has 2 rings (SSSR count). The fraction of sp³-hybridized carbons (Fsp3) is 0.385. The highest BCUT2D eigenvalue weighted by Gasteiger charge is 2.15. The third-order valence-corrected chi connectivity index (χ3v) is 2.76. The second-order valence-electron chi connectivity index (χ2n) is 4.36. The molecule has 0 radical (unpaired) electrons. The van der Waals surface area contributed by atoms with E-state index in [0.29, 0.717) is 17.3 Å². The van der Waals surface area contributed by atoms with Crippen molar-refractivity contribution in [2.24, 2.45) is 5.73 Å². The molecule has 0 aliphatic rings. The third kappa shape index (κ3) is 3.35. The summed E-state index contributed by atoms with van der Waals surface area (Å²) in [5.74, 6) is -0.546. The molecule has 1 aromatic carbocycles. The van der Waals surface area contributed by atoms with Gasteiger partial charge in [0, 0.05) is 12.5 Å². The molecule has 0 spiro atoms. The number of nitrogens with zero attached hydrogens (tertiary/aromatic N) is 2. The van der Waals surface area contributed by atoms with E-state index >= 15 is 0 Å². The summed E-state index contributed by atoms with van der Waals surface area (Å²) in [5, 5.41) is 3.75. The van der Waals surface area contributed by atoms with Crippen LogP contribution >= 0.6 is 0 Å². The number of rotatable bonds is 5. The number of benzene rings is 1. The first-order chi connectivity index (χ1) is 9.10.